The zero-order valence-electron chi connectivity index (χ0n) is 22.1. The van der Waals surface area contributed by atoms with Crippen LogP contribution in [0.1, 0.15) is 90.9 Å². The van der Waals surface area contributed by atoms with Crippen LogP contribution in [0.15, 0.2) is 4.99 Å². The fourth-order valence-electron chi connectivity index (χ4n) is 7.61. The molecule has 204 valence electrons. The predicted molar refractivity (Wildman–Crippen MR) is 144 cm³/mol. The van der Waals surface area contributed by atoms with Gasteiger partial charge in [-0.05, 0) is 90.4 Å². The highest BCUT2D eigenvalue weighted by molar-refractivity contribution is 6.20. The van der Waals surface area contributed by atoms with Gasteiger partial charge in [0.2, 0.25) is 5.91 Å². The lowest BCUT2D eigenvalue weighted by Crippen LogP contribution is -2.55. The topological polar surface area (TPSA) is 104 Å². The fraction of sp³-hybridized carbons (Fsp3) is 0.926. The Labute approximate surface area is 221 Å². The zero-order valence-corrected chi connectivity index (χ0v) is 22.9. The number of amides is 1. The van der Waals surface area contributed by atoms with Gasteiger partial charge in [0.05, 0.1) is 37.0 Å². The van der Waals surface area contributed by atoms with Crippen molar-refractivity contribution in [3.8, 4) is 0 Å². The number of nitrogens with zero attached hydrogens (tertiary/aromatic N) is 2. The number of carbonyl (C=O) groups excluding carboxylic acids is 1. The molecule has 7 unspecified atom stereocenters. The number of ether oxygens (including phenoxy) is 1. The largest absolute Gasteiger partial charge is 0.375 e. The predicted octanol–water partition coefficient (Wildman–Crippen LogP) is 3.04. The van der Waals surface area contributed by atoms with E-state index in [0.717, 1.165) is 64.2 Å². The Hall–Kier alpha value is -0.770. The molecular weight excluding hydrogens is 476 g/mol. The van der Waals surface area contributed by atoms with E-state index in [9.17, 15) is 4.79 Å². The molecule has 5 rings (SSSR count). The molecule has 8 atom stereocenters. The number of nitrogens with two attached hydrogens (primary N) is 1. The molecule has 8 nitrogen and oxygen atoms in total. The van der Waals surface area contributed by atoms with Crippen molar-refractivity contribution in [3.05, 3.63) is 0 Å². The second-order valence-electron chi connectivity index (χ2n) is 11.9. The Kier molecular flexibility index (Phi) is 8.91. The Bertz CT molecular complexity index is 790. The number of hydrazine groups is 1. The highest BCUT2D eigenvalue weighted by atomic mass is 35.5. The second kappa shape index (κ2) is 12.0. The van der Waals surface area contributed by atoms with Gasteiger partial charge in [0.1, 0.15) is 0 Å². The summed E-state index contributed by atoms with van der Waals surface area (Å²) < 4.78 is 6.74. The average Bonchev–Trinajstić information content (AvgIpc) is 3.17. The summed E-state index contributed by atoms with van der Waals surface area (Å²) in [5, 5.41) is 3.28. The minimum atomic E-state index is -0.112. The van der Waals surface area contributed by atoms with Crippen molar-refractivity contribution >= 4 is 23.2 Å². The van der Waals surface area contributed by atoms with Gasteiger partial charge >= 0.3 is 0 Å². The first-order valence-electron chi connectivity index (χ1n) is 14.6. The van der Waals surface area contributed by atoms with Crippen LogP contribution in [0.4, 0.5) is 0 Å². The van der Waals surface area contributed by atoms with Crippen molar-refractivity contribution < 1.29 is 9.53 Å². The van der Waals surface area contributed by atoms with E-state index in [0.29, 0.717) is 36.9 Å². The van der Waals surface area contributed by atoms with E-state index >= 15 is 0 Å². The third-order valence-electron chi connectivity index (χ3n) is 9.31. The Morgan fingerprint density at radius 3 is 2.64 bits per heavy atom. The molecule has 5 N–H and O–H groups in total. The maximum absolute atomic E-state index is 12.7. The van der Waals surface area contributed by atoms with Crippen LogP contribution < -0.4 is 21.9 Å². The lowest BCUT2D eigenvalue weighted by atomic mass is 9.72. The van der Waals surface area contributed by atoms with Gasteiger partial charge in [-0.3, -0.25) is 14.7 Å². The molecule has 2 aliphatic heterocycles. The van der Waals surface area contributed by atoms with Crippen LogP contribution in [0.2, 0.25) is 0 Å². The molecule has 0 aromatic rings. The van der Waals surface area contributed by atoms with E-state index in [-0.39, 0.29) is 41.8 Å². The van der Waals surface area contributed by atoms with Gasteiger partial charge in [-0.2, -0.15) is 0 Å². The summed E-state index contributed by atoms with van der Waals surface area (Å²) >= 11 is 6.51. The van der Waals surface area contributed by atoms with Gasteiger partial charge in [0.25, 0.3) is 0 Å². The van der Waals surface area contributed by atoms with E-state index in [2.05, 4.69) is 28.0 Å². The van der Waals surface area contributed by atoms with Crippen molar-refractivity contribution in [2.45, 2.75) is 139 Å². The monoisotopic (exact) mass is 522 g/mol. The number of carbonyl (C=O) groups is 1. The molecule has 4 fully saturated rings. The molecule has 1 saturated heterocycles. The number of hydrogen-bond donors (Lipinski definition) is 4. The van der Waals surface area contributed by atoms with Gasteiger partial charge in [-0.25, -0.2) is 10.9 Å². The summed E-state index contributed by atoms with van der Waals surface area (Å²) in [5.74, 6) is 0.884. The maximum atomic E-state index is 12.7. The van der Waals surface area contributed by atoms with Gasteiger partial charge in [-0.1, -0.05) is 0 Å². The Balaban J connectivity index is 1.42. The van der Waals surface area contributed by atoms with Crippen LogP contribution in [0, 0.1) is 11.8 Å². The number of halogens is 1. The van der Waals surface area contributed by atoms with Gasteiger partial charge < -0.3 is 15.8 Å². The van der Waals surface area contributed by atoms with E-state index < -0.39 is 0 Å². The third-order valence-corrected chi connectivity index (χ3v) is 9.75. The third kappa shape index (κ3) is 5.94. The summed E-state index contributed by atoms with van der Waals surface area (Å²) in [5.41, 5.74) is 14.6. The van der Waals surface area contributed by atoms with Crippen molar-refractivity contribution in [3.63, 3.8) is 0 Å². The number of aliphatic imine (C=N–C) groups is 1. The van der Waals surface area contributed by atoms with Crippen LogP contribution in [0.25, 0.3) is 0 Å². The Morgan fingerprint density at radius 2 is 1.89 bits per heavy atom. The van der Waals surface area contributed by atoms with Crippen LogP contribution in [0.5, 0.6) is 0 Å². The van der Waals surface area contributed by atoms with Crippen molar-refractivity contribution in [2.24, 2.45) is 22.6 Å². The smallest absolute Gasteiger partial charge is 0.222 e. The first-order valence-corrected chi connectivity index (χ1v) is 15.0. The molecule has 0 spiro atoms. The molecule has 36 heavy (non-hydrogen) atoms. The molecule has 5 aliphatic rings. The van der Waals surface area contributed by atoms with Crippen molar-refractivity contribution in [1.82, 2.24) is 21.1 Å². The maximum Gasteiger partial charge on any atom is 0.222 e. The molecule has 3 saturated carbocycles. The van der Waals surface area contributed by atoms with E-state index in [4.69, 9.17) is 27.1 Å². The molecule has 9 heteroatoms. The molecule has 1 amide bonds. The average molecular weight is 523 g/mol. The molecule has 0 bridgehead atoms. The first-order chi connectivity index (χ1) is 17.4. The number of fused-ring (bicyclic) bond motifs is 3. The normalized spacial score (nSPS) is 43.7. The van der Waals surface area contributed by atoms with Gasteiger partial charge in [0.15, 0.2) is 0 Å². The fourth-order valence-corrected chi connectivity index (χ4v) is 7.86. The van der Waals surface area contributed by atoms with Crippen LogP contribution in [-0.2, 0) is 9.53 Å². The zero-order chi connectivity index (χ0) is 25.2. The van der Waals surface area contributed by atoms with Crippen molar-refractivity contribution in [1.29, 1.82) is 0 Å². The molecule has 3 aliphatic carbocycles. The summed E-state index contributed by atoms with van der Waals surface area (Å²) in [6.07, 6.45) is 13.1. The van der Waals surface area contributed by atoms with E-state index in [1.165, 1.54) is 12.1 Å². The van der Waals surface area contributed by atoms with Crippen LogP contribution in [0.3, 0.4) is 0 Å². The second-order valence-corrected chi connectivity index (χ2v) is 12.5. The SMILES string of the molecule is CCNC(=O)C[C@@H]1N=C(C2CCC(Cl)CC2)C2CC(OC3CCCC(N)C3)CCC2N2C(C)NNC12. The highest BCUT2D eigenvalue weighted by Gasteiger charge is 2.50. The molecule has 0 radical (unpaired) electrons. The summed E-state index contributed by atoms with van der Waals surface area (Å²) in [4.78, 5) is 20.8. The molecule has 0 aromatic carbocycles. The minimum absolute atomic E-state index is 0.0192. The number of hydrogen-bond acceptors (Lipinski definition) is 7. The number of alkyl halides is 1. The first kappa shape index (κ1) is 26.8. The lowest BCUT2D eigenvalue weighted by Gasteiger charge is -2.45. The molecule has 2 heterocycles. The summed E-state index contributed by atoms with van der Waals surface area (Å²) in [6, 6.07) is 0.561. The van der Waals surface area contributed by atoms with E-state index in [1.54, 1.807) is 0 Å². The summed E-state index contributed by atoms with van der Waals surface area (Å²) in [6.45, 7) is 4.85. The van der Waals surface area contributed by atoms with Gasteiger partial charge in [0, 0.05) is 35.6 Å². The Morgan fingerprint density at radius 1 is 1.11 bits per heavy atom. The number of nitrogens with one attached hydrogen (secondary N) is 3. The van der Waals surface area contributed by atoms with Crippen LogP contribution >= 0.6 is 11.6 Å². The van der Waals surface area contributed by atoms with Crippen LogP contribution in [-0.4, -0.2) is 71.1 Å². The molecular formula is C27H47ClN6O2. The lowest BCUT2D eigenvalue weighted by molar-refractivity contribution is -0.121. The molecule has 0 aromatic heterocycles. The number of rotatable bonds is 6. The quantitative estimate of drug-likeness (QED) is 0.400. The summed E-state index contributed by atoms with van der Waals surface area (Å²) in [7, 11) is 0. The minimum Gasteiger partial charge on any atom is -0.375 e. The van der Waals surface area contributed by atoms with Crippen molar-refractivity contribution in [2.75, 3.05) is 6.54 Å². The highest BCUT2D eigenvalue weighted by Crippen LogP contribution is 2.42. The standard InChI is InChI=1S/C27H47ClN6O2/c1-3-30-25(35)15-23-27-33-32-16(2)34(27)24-12-11-21(36-20-6-4-5-19(29)13-20)14-22(24)26(31-23)17-7-9-18(28)10-8-17/h16-24,27,32-33H,3-15,29H2,1-2H3,(H,30,35)/t16?,17?,18?,19?,20?,21?,22?,23-,24?,27?/m0/s1. The van der Waals surface area contributed by atoms with E-state index in [1.807, 2.05) is 6.92 Å². The van der Waals surface area contributed by atoms with Gasteiger partial charge in [-0.15, -0.1) is 11.6 Å².